The van der Waals surface area contributed by atoms with Crippen LogP contribution >= 0.6 is 23.2 Å². The zero-order chi connectivity index (χ0) is 22.6. The zero-order valence-electron chi connectivity index (χ0n) is 17.4. The molecule has 0 radical (unpaired) electrons. The first-order chi connectivity index (χ1) is 14.9. The Hall–Kier alpha value is -2.80. The van der Waals surface area contributed by atoms with E-state index in [4.69, 9.17) is 39.3 Å². The van der Waals surface area contributed by atoms with Crippen LogP contribution in [0.25, 0.3) is 11.3 Å². The molecule has 1 saturated heterocycles. The molecular weight excluding hydrogens is 435 g/mol. The van der Waals surface area contributed by atoms with Crippen LogP contribution in [0.5, 0.6) is 0 Å². The van der Waals surface area contributed by atoms with Crippen LogP contribution in [-0.4, -0.2) is 35.6 Å². The van der Waals surface area contributed by atoms with E-state index in [0.29, 0.717) is 65.2 Å². The topological polar surface area (TPSA) is 79.1 Å². The fourth-order valence-corrected chi connectivity index (χ4v) is 4.07. The number of carbonyl (C=O) groups is 1. The maximum Gasteiger partial charge on any atom is 0.360 e. The Labute approximate surface area is 192 Å². The van der Waals surface area contributed by atoms with E-state index in [1.807, 2.05) is 4.90 Å². The van der Waals surface area contributed by atoms with Gasteiger partial charge in [0.25, 0.3) is 0 Å². The van der Waals surface area contributed by atoms with Gasteiger partial charge in [0, 0.05) is 25.1 Å². The number of aryl methyl sites for hydroxylation is 1. The number of hydrogen-bond acceptors (Lipinski definition) is 6. The molecule has 160 valence electrons. The molecule has 0 amide bonds. The quantitative estimate of drug-likeness (QED) is 0.461. The lowest BCUT2D eigenvalue weighted by Gasteiger charge is -2.37. The fourth-order valence-electron chi connectivity index (χ4n) is 3.68. The number of rotatable bonds is 5. The number of benzene rings is 1. The van der Waals surface area contributed by atoms with Gasteiger partial charge in [0.2, 0.25) is 0 Å². The van der Waals surface area contributed by atoms with Gasteiger partial charge in [-0.2, -0.15) is 5.26 Å². The fraction of sp³-hybridized carbons (Fsp3) is 0.391. The van der Waals surface area contributed by atoms with Crippen molar-refractivity contribution in [1.82, 2.24) is 9.97 Å². The van der Waals surface area contributed by atoms with Gasteiger partial charge in [-0.25, -0.2) is 14.8 Å². The molecule has 2 aromatic rings. The molecule has 31 heavy (non-hydrogen) atoms. The molecule has 1 aromatic heterocycles. The van der Waals surface area contributed by atoms with E-state index >= 15 is 0 Å². The van der Waals surface area contributed by atoms with Crippen LogP contribution in [0.15, 0.2) is 18.2 Å². The Kier molecular flexibility index (Phi) is 7.05. The number of ether oxygens (including phenoxy) is 1. The van der Waals surface area contributed by atoms with Crippen molar-refractivity contribution >= 4 is 35.0 Å². The maximum absolute atomic E-state index is 12.8. The molecule has 0 atom stereocenters. The lowest BCUT2D eigenvalue weighted by Crippen LogP contribution is -2.40. The molecular formula is C23H22Cl2N4O2. The molecule has 0 saturated carbocycles. The second-order valence-electron chi connectivity index (χ2n) is 7.41. The van der Waals surface area contributed by atoms with Crippen LogP contribution in [0.2, 0.25) is 10.0 Å². The van der Waals surface area contributed by atoms with Crippen LogP contribution in [0.3, 0.4) is 0 Å². The average molecular weight is 457 g/mol. The minimum atomic E-state index is -0.565. The van der Waals surface area contributed by atoms with Gasteiger partial charge in [-0.3, -0.25) is 0 Å². The molecule has 6 nitrogen and oxygen atoms in total. The van der Waals surface area contributed by atoms with Crippen LogP contribution in [0.4, 0.5) is 5.82 Å². The largest absolute Gasteiger partial charge is 0.461 e. The van der Waals surface area contributed by atoms with Crippen molar-refractivity contribution in [2.45, 2.75) is 33.1 Å². The van der Waals surface area contributed by atoms with Crippen molar-refractivity contribution < 1.29 is 9.53 Å². The highest BCUT2D eigenvalue weighted by Gasteiger charge is 2.36. The van der Waals surface area contributed by atoms with E-state index in [2.05, 4.69) is 17.0 Å². The second-order valence-corrected chi connectivity index (χ2v) is 8.20. The number of nitriles is 1. The summed E-state index contributed by atoms with van der Waals surface area (Å²) in [7, 11) is 0. The first-order valence-corrected chi connectivity index (χ1v) is 10.7. The van der Waals surface area contributed by atoms with E-state index in [9.17, 15) is 10.1 Å². The number of terminal acetylenes is 1. The first-order valence-electron chi connectivity index (χ1n) is 9.95. The maximum atomic E-state index is 12.8. The number of halogens is 2. The third-order valence-corrected chi connectivity index (χ3v) is 6.24. The highest BCUT2D eigenvalue weighted by atomic mass is 35.5. The zero-order valence-corrected chi connectivity index (χ0v) is 18.9. The third-order valence-electron chi connectivity index (χ3n) is 5.42. The van der Waals surface area contributed by atoms with Crippen LogP contribution in [0, 0.1) is 36.0 Å². The number of nitrogens with zero attached hydrogens (tertiary/aromatic N) is 4. The van der Waals surface area contributed by atoms with Gasteiger partial charge in [0.05, 0.1) is 39.5 Å². The number of hydrogen-bond donors (Lipinski definition) is 0. The van der Waals surface area contributed by atoms with Gasteiger partial charge in [-0.05, 0) is 32.8 Å². The molecule has 2 heterocycles. The summed E-state index contributed by atoms with van der Waals surface area (Å²) >= 11 is 12.6. The van der Waals surface area contributed by atoms with Gasteiger partial charge in [-0.1, -0.05) is 35.3 Å². The molecule has 0 unspecified atom stereocenters. The van der Waals surface area contributed by atoms with Gasteiger partial charge in [0.15, 0.2) is 11.5 Å². The van der Waals surface area contributed by atoms with Crippen molar-refractivity contribution in [2.24, 2.45) is 5.41 Å². The Bertz CT molecular complexity index is 1080. The van der Waals surface area contributed by atoms with Crippen molar-refractivity contribution in [1.29, 1.82) is 5.26 Å². The summed E-state index contributed by atoms with van der Waals surface area (Å²) in [6.45, 7) is 4.82. The third kappa shape index (κ3) is 4.61. The predicted molar refractivity (Wildman–Crippen MR) is 121 cm³/mol. The minimum absolute atomic E-state index is 0.111. The minimum Gasteiger partial charge on any atom is -0.461 e. The number of anilines is 1. The standard InChI is InChI=1S/C23H22Cl2N4O2/c1-4-9-23(14-26)10-12-29(13-11-23)21-20(22(30)31-5-2)28-19(15(3)27-21)16-7-6-8-17(24)18(16)25/h1,6-8H,5,9-13H2,2-3H3. The molecule has 0 N–H and O–H groups in total. The van der Waals surface area contributed by atoms with E-state index < -0.39 is 11.4 Å². The molecule has 0 spiro atoms. The molecule has 3 rings (SSSR count). The Morgan fingerprint density at radius 1 is 1.32 bits per heavy atom. The monoisotopic (exact) mass is 456 g/mol. The van der Waals surface area contributed by atoms with Crippen LogP contribution in [0.1, 0.15) is 42.4 Å². The summed E-state index contributed by atoms with van der Waals surface area (Å²) in [5.74, 6) is 2.48. The number of esters is 1. The van der Waals surface area contributed by atoms with Gasteiger partial charge >= 0.3 is 5.97 Å². The van der Waals surface area contributed by atoms with E-state index in [1.165, 1.54) is 0 Å². The van der Waals surface area contributed by atoms with Crippen molar-refractivity contribution in [2.75, 3.05) is 24.6 Å². The van der Waals surface area contributed by atoms with Gasteiger partial charge in [0.1, 0.15) is 0 Å². The van der Waals surface area contributed by atoms with Crippen molar-refractivity contribution in [3.63, 3.8) is 0 Å². The van der Waals surface area contributed by atoms with Gasteiger partial charge < -0.3 is 9.64 Å². The van der Waals surface area contributed by atoms with Gasteiger partial charge in [-0.15, -0.1) is 12.3 Å². The molecule has 1 fully saturated rings. The lowest BCUT2D eigenvalue weighted by molar-refractivity contribution is 0.0519. The molecule has 0 aliphatic carbocycles. The SMILES string of the molecule is C#CCC1(C#N)CCN(c2nc(C)c(-c3cccc(Cl)c3Cl)nc2C(=O)OCC)CC1. The van der Waals surface area contributed by atoms with E-state index in [1.54, 1.807) is 32.0 Å². The predicted octanol–water partition coefficient (Wildman–Crippen LogP) is 5.07. The highest BCUT2D eigenvalue weighted by Crippen LogP contribution is 2.38. The van der Waals surface area contributed by atoms with Crippen LogP contribution in [-0.2, 0) is 4.74 Å². The number of carbonyl (C=O) groups excluding carboxylic acids is 1. The normalized spacial score (nSPS) is 15.1. The molecule has 1 aliphatic heterocycles. The smallest absolute Gasteiger partial charge is 0.360 e. The summed E-state index contributed by atoms with van der Waals surface area (Å²) in [5.41, 5.74) is 1.22. The molecule has 1 aromatic carbocycles. The summed E-state index contributed by atoms with van der Waals surface area (Å²) in [6.07, 6.45) is 7.02. The highest BCUT2D eigenvalue weighted by molar-refractivity contribution is 6.43. The Morgan fingerprint density at radius 3 is 2.65 bits per heavy atom. The summed E-state index contributed by atoms with van der Waals surface area (Å²) < 4.78 is 5.24. The number of piperidine rings is 1. The Morgan fingerprint density at radius 2 is 2.03 bits per heavy atom. The number of aromatic nitrogens is 2. The van der Waals surface area contributed by atoms with E-state index in [-0.39, 0.29) is 12.3 Å². The summed E-state index contributed by atoms with van der Waals surface area (Å²) in [5, 5.41) is 10.3. The van der Waals surface area contributed by atoms with E-state index in [0.717, 1.165) is 0 Å². The average Bonchev–Trinajstić information content (AvgIpc) is 2.76. The molecule has 0 bridgehead atoms. The lowest BCUT2D eigenvalue weighted by atomic mass is 9.77. The first kappa shape index (κ1) is 22.9. The summed E-state index contributed by atoms with van der Waals surface area (Å²) in [4.78, 5) is 24.0. The molecule has 8 heteroatoms. The Balaban J connectivity index is 2.04. The van der Waals surface area contributed by atoms with Crippen molar-refractivity contribution in [3.8, 4) is 29.7 Å². The van der Waals surface area contributed by atoms with Crippen LogP contribution < -0.4 is 4.90 Å². The van der Waals surface area contributed by atoms with Crippen molar-refractivity contribution in [3.05, 3.63) is 39.6 Å². The second kappa shape index (κ2) is 9.56. The summed E-state index contributed by atoms with van der Waals surface area (Å²) in [6, 6.07) is 7.60. The molecule has 1 aliphatic rings.